The molecule has 6 heteroatoms. The third-order valence-corrected chi connectivity index (χ3v) is 1.42. The highest BCUT2D eigenvalue weighted by atomic mass is 16.4. The molecule has 0 aliphatic heterocycles. The Kier molecular flexibility index (Phi) is 9.54. The summed E-state index contributed by atoms with van der Waals surface area (Å²) < 4.78 is 0. The Hall–Kier alpha value is -0.970. The van der Waals surface area contributed by atoms with Crippen LogP contribution in [0.2, 0.25) is 0 Å². The van der Waals surface area contributed by atoms with E-state index in [-0.39, 0.29) is 6.29 Å². The second kappa shape index (κ2) is 8.62. The van der Waals surface area contributed by atoms with Crippen molar-refractivity contribution in [2.45, 2.75) is 24.4 Å². The van der Waals surface area contributed by atoms with E-state index in [9.17, 15) is 4.79 Å². The molecular weight excluding hydrogens is 192 g/mol. The lowest BCUT2D eigenvalue weighted by atomic mass is 10.0. The van der Waals surface area contributed by atoms with E-state index in [0.717, 1.165) is 0 Å². The van der Waals surface area contributed by atoms with Gasteiger partial charge < -0.3 is 30.3 Å². The van der Waals surface area contributed by atoms with E-state index in [1.165, 1.54) is 0 Å². The van der Waals surface area contributed by atoms with Gasteiger partial charge in [0, 0.05) is 0 Å². The summed E-state index contributed by atoms with van der Waals surface area (Å²) in [5.74, 6) is 0. The maximum atomic E-state index is 9.90. The van der Waals surface area contributed by atoms with Crippen LogP contribution in [0.25, 0.3) is 0 Å². The van der Waals surface area contributed by atoms with E-state index >= 15 is 0 Å². The number of carbonyl (C=O) groups is 1. The highest BCUT2D eigenvalue weighted by Crippen LogP contribution is 2.02. The fourth-order valence-electron chi connectivity index (χ4n) is 0.618. The molecule has 0 saturated carbocycles. The minimum absolute atomic E-state index is 0.0258. The van der Waals surface area contributed by atoms with Gasteiger partial charge in [-0.2, -0.15) is 0 Å². The lowest BCUT2D eigenvalue weighted by Crippen LogP contribution is -2.46. The van der Waals surface area contributed by atoms with Crippen LogP contribution >= 0.6 is 0 Å². The van der Waals surface area contributed by atoms with Crippen LogP contribution in [0, 0.1) is 12.8 Å². The summed E-state index contributed by atoms with van der Waals surface area (Å²) in [7, 11) is 0. The number of terminal acetylenes is 1. The Balaban J connectivity index is 0. The SMILES string of the molecule is C#C.O=CC(O)C(O)C(O)C(O)CO. The van der Waals surface area contributed by atoms with E-state index < -0.39 is 31.0 Å². The van der Waals surface area contributed by atoms with Crippen molar-refractivity contribution < 1.29 is 30.3 Å². The van der Waals surface area contributed by atoms with Gasteiger partial charge in [-0.3, -0.25) is 0 Å². The molecule has 0 aliphatic rings. The first-order chi connectivity index (χ1) is 6.54. The molecule has 14 heavy (non-hydrogen) atoms. The molecule has 0 amide bonds. The zero-order valence-electron chi connectivity index (χ0n) is 7.39. The molecule has 0 rings (SSSR count). The van der Waals surface area contributed by atoms with E-state index in [2.05, 4.69) is 12.8 Å². The normalized spacial score (nSPS) is 18.2. The fraction of sp³-hybridized carbons (Fsp3) is 0.625. The fourth-order valence-corrected chi connectivity index (χ4v) is 0.618. The van der Waals surface area contributed by atoms with E-state index in [1.807, 2.05) is 0 Å². The average molecular weight is 206 g/mol. The molecule has 82 valence electrons. The lowest BCUT2D eigenvalue weighted by Gasteiger charge is -2.22. The van der Waals surface area contributed by atoms with Gasteiger partial charge in [0.25, 0.3) is 0 Å². The van der Waals surface area contributed by atoms with Crippen molar-refractivity contribution in [1.29, 1.82) is 0 Å². The second-order valence-electron chi connectivity index (χ2n) is 2.36. The smallest absolute Gasteiger partial charge is 0.151 e. The Bertz CT molecular complexity index is 168. The minimum atomic E-state index is -1.79. The molecule has 0 aliphatic carbocycles. The van der Waals surface area contributed by atoms with Crippen molar-refractivity contribution in [3.63, 3.8) is 0 Å². The third-order valence-electron chi connectivity index (χ3n) is 1.42. The van der Waals surface area contributed by atoms with Crippen LogP contribution in [0.3, 0.4) is 0 Å². The molecule has 0 bridgehead atoms. The quantitative estimate of drug-likeness (QED) is 0.240. The topological polar surface area (TPSA) is 118 Å². The maximum absolute atomic E-state index is 9.90. The molecule has 0 aromatic heterocycles. The maximum Gasteiger partial charge on any atom is 0.151 e. The summed E-state index contributed by atoms with van der Waals surface area (Å²) in [5.41, 5.74) is 0. The van der Waals surface area contributed by atoms with E-state index in [4.69, 9.17) is 25.5 Å². The molecule has 0 saturated heterocycles. The van der Waals surface area contributed by atoms with Gasteiger partial charge in [-0.15, -0.1) is 12.8 Å². The van der Waals surface area contributed by atoms with Crippen LogP contribution < -0.4 is 0 Å². The predicted octanol–water partition coefficient (Wildman–Crippen LogP) is -3.13. The predicted molar refractivity (Wildman–Crippen MR) is 47.1 cm³/mol. The van der Waals surface area contributed by atoms with Crippen molar-refractivity contribution in [2.75, 3.05) is 6.61 Å². The highest BCUT2D eigenvalue weighted by molar-refractivity contribution is 5.56. The number of aldehydes is 1. The standard InChI is InChI=1S/C6H12O6.C2H2/c7-1-3(9)5(11)6(12)4(10)2-8;1-2/h1,3-6,8-12H,2H2;1-2H. The lowest BCUT2D eigenvalue weighted by molar-refractivity contribution is -0.136. The van der Waals surface area contributed by atoms with Crippen molar-refractivity contribution in [2.24, 2.45) is 0 Å². The molecule has 5 N–H and O–H groups in total. The second-order valence-corrected chi connectivity index (χ2v) is 2.36. The summed E-state index contributed by atoms with van der Waals surface area (Å²) in [6, 6.07) is 0. The largest absolute Gasteiger partial charge is 0.394 e. The number of aliphatic hydroxyl groups is 5. The number of carbonyl (C=O) groups excluding carboxylic acids is 1. The van der Waals surface area contributed by atoms with Gasteiger partial charge in [0.2, 0.25) is 0 Å². The Morgan fingerprint density at radius 3 is 1.79 bits per heavy atom. The Morgan fingerprint density at radius 1 is 1.07 bits per heavy atom. The highest BCUT2D eigenvalue weighted by Gasteiger charge is 2.29. The molecule has 0 spiro atoms. The first-order valence-corrected chi connectivity index (χ1v) is 3.66. The van der Waals surface area contributed by atoms with Gasteiger partial charge >= 0.3 is 0 Å². The summed E-state index contributed by atoms with van der Waals surface area (Å²) in [6.07, 6.45) is 1.16. The van der Waals surface area contributed by atoms with Crippen molar-refractivity contribution in [3.8, 4) is 12.8 Å². The van der Waals surface area contributed by atoms with Gasteiger partial charge in [0.1, 0.15) is 24.4 Å². The average Bonchev–Trinajstić information content (AvgIpc) is 2.27. The summed E-state index contributed by atoms with van der Waals surface area (Å²) in [4.78, 5) is 9.90. The van der Waals surface area contributed by atoms with Crippen LogP contribution in [-0.4, -0.2) is 62.8 Å². The molecule has 6 nitrogen and oxygen atoms in total. The van der Waals surface area contributed by atoms with Gasteiger partial charge in [-0.1, -0.05) is 0 Å². The molecule has 4 unspecified atom stereocenters. The van der Waals surface area contributed by atoms with Crippen molar-refractivity contribution in [1.82, 2.24) is 0 Å². The van der Waals surface area contributed by atoms with Crippen LogP contribution in [0.15, 0.2) is 0 Å². The first-order valence-electron chi connectivity index (χ1n) is 3.66. The number of hydrogen-bond donors (Lipinski definition) is 5. The Morgan fingerprint density at radius 2 is 1.50 bits per heavy atom. The molecule has 0 aromatic carbocycles. The minimum Gasteiger partial charge on any atom is -0.394 e. The first kappa shape index (κ1) is 15.5. The number of hydrogen-bond acceptors (Lipinski definition) is 6. The Labute approximate surface area is 81.4 Å². The van der Waals surface area contributed by atoms with Gasteiger partial charge in [-0.05, 0) is 0 Å². The van der Waals surface area contributed by atoms with E-state index in [0.29, 0.717) is 0 Å². The van der Waals surface area contributed by atoms with Crippen LogP contribution in [-0.2, 0) is 4.79 Å². The number of rotatable bonds is 5. The molecule has 4 atom stereocenters. The number of aliphatic hydroxyl groups excluding tert-OH is 5. The zero-order chi connectivity index (χ0) is 11.7. The zero-order valence-corrected chi connectivity index (χ0v) is 7.39. The summed E-state index contributed by atoms with van der Waals surface area (Å²) in [6.45, 7) is -0.760. The van der Waals surface area contributed by atoms with Crippen LogP contribution in [0.1, 0.15) is 0 Å². The summed E-state index contributed by atoms with van der Waals surface area (Å²) in [5, 5.41) is 43.5. The van der Waals surface area contributed by atoms with Gasteiger partial charge in [0.15, 0.2) is 6.29 Å². The summed E-state index contributed by atoms with van der Waals surface area (Å²) >= 11 is 0. The molecule has 0 fully saturated rings. The van der Waals surface area contributed by atoms with Crippen LogP contribution in [0.4, 0.5) is 0 Å². The van der Waals surface area contributed by atoms with Gasteiger partial charge in [0.05, 0.1) is 6.61 Å². The van der Waals surface area contributed by atoms with Crippen molar-refractivity contribution in [3.05, 3.63) is 0 Å². The monoisotopic (exact) mass is 206 g/mol. The van der Waals surface area contributed by atoms with E-state index in [1.54, 1.807) is 0 Å². The molecule has 0 radical (unpaired) electrons. The third kappa shape index (κ3) is 4.91. The van der Waals surface area contributed by atoms with Crippen LogP contribution in [0.5, 0.6) is 0 Å². The molecule has 0 aromatic rings. The molecular formula is C8H14O6. The van der Waals surface area contributed by atoms with Gasteiger partial charge in [-0.25, -0.2) is 0 Å². The molecule has 0 heterocycles. The van der Waals surface area contributed by atoms with Crippen molar-refractivity contribution >= 4 is 6.29 Å².